The summed E-state index contributed by atoms with van der Waals surface area (Å²) in [5.41, 5.74) is 0.599. The summed E-state index contributed by atoms with van der Waals surface area (Å²) >= 11 is 0. The zero-order valence-corrected chi connectivity index (χ0v) is 14.4. The van der Waals surface area contributed by atoms with E-state index in [0.717, 1.165) is 13.1 Å². The van der Waals surface area contributed by atoms with Gasteiger partial charge in [0.05, 0.1) is 6.10 Å². The molecule has 7 heteroatoms. The highest BCUT2D eigenvalue weighted by molar-refractivity contribution is 5.85. The van der Waals surface area contributed by atoms with Crippen molar-refractivity contribution in [3.05, 3.63) is 23.8 Å². The molecule has 1 heterocycles. The van der Waals surface area contributed by atoms with E-state index >= 15 is 0 Å². The number of halogens is 2. The van der Waals surface area contributed by atoms with Crippen LogP contribution in [0.15, 0.2) is 18.2 Å². The van der Waals surface area contributed by atoms with Crippen molar-refractivity contribution in [3.8, 4) is 11.5 Å². The Hall–Kier alpha value is -0.720. The molecule has 0 amide bonds. The lowest BCUT2D eigenvalue weighted by Gasteiger charge is -2.22. The van der Waals surface area contributed by atoms with Gasteiger partial charge in [-0.1, -0.05) is 6.07 Å². The molecule has 0 aliphatic carbocycles. The number of aromatic hydroxyl groups is 2. The maximum Gasteiger partial charge on any atom is 0.157 e. The van der Waals surface area contributed by atoms with E-state index in [9.17, 15) is 15.3 Å². The van der Waals surface area contributed by atoms with Crippen LogP contribution < -0.4 is 5.32 Å². The van der Waals surface area contributed by atoms with Crippen molar-refractivity contribution < 1.29 is 15.3 Å². The van der Waals surface area contributed by atoms with Crippen LogP contribution in [0.1, 0.15) is 31.4 Å². The molecule has 1 saturated heterocycles. The lowest BCUT2D eigenvalue weighted by Crippen LogP contribution is -2.37. The summed E-state index contributed by atoms with van der Waals surface area (Å²) in [7, 11) is 0. The van der Waals surface area contributed by atoms with Crippen molar-refractivity contribution in [1.82, 2.24) is 10.2 Å². The molecule has 5 nitrogen and oxygen atoms in total. The Morgan fingerprint density at radius 2 is 1.77 bits per heavy atom. The van der Waals surface area contributed by atoms with E-state index in [1.54, 1.807) is 6.07 Å². The van der Waals surface area contributed by atoms with E-state index in [1.807, 2.05) is 6.92 Å². The monoisotopic (exact) mass is 352 g/mol. The van der Waals surface area contributed by atoms with Crippen LogP contribution in [-0.4, -0.2) is 52.4 Å². The molecule has 0 radical (unpaired) electrons. The molecular weight excluding hydrogens is 327 g/mol. The molecule has 2 unspecified atom stereocenters. The fourth-order valence-electron chi connectivity index (χ4n) is 2.58. The number of aliphatic hydroxyl groups excluding tert-OH is 1. The Morgan fingerprint density at radius 3 is 2.36 bits per heavy atom. The highest BCUT2D eigenvalue weighted by Gasteiger charge is 2.18. The number of hydrogen-bond donors (Lipinski definition) is 4. The molecule has 22 heavy (non-hydrogen) atoms. The van der Waals surface area contributed by atoms with Crippen LogP contribution in [0.5, 0.6) is 11.5 Å². The first kappa shape index (κ1) is 21.3. The number of phenolic OH excluding ortho intramolecular Hbond substituents is 2. The topological polar surface area (TPSA) is 76.0 Å². The summed E-state index contributed by atoms with van der Waals surface area (Å²) in [6, 6.07) is 4.31. The molecule has 1 aromatic carbocycles. The number of hydrogen-bond acceptors (Lipinski definition) is 5. The van der Waals surface area contributed by atoms with Gasteiger partial charge in [-0.05, 0) is 50.6 Å². The molecule has 1 fully saturated rings. The third-order valence-corrected chi connectivity index (χ3v) is 3.91. The Balaban J connectivity index is 0.00000220. The largest absolute Gasteiger partial charge is 0.504 e. The molecule has 1 aromatic rings. The Morgan fingerprint density at radius 1 is 1.14 bits per heavy atom. The highest BCUT2D eigenvalue weighted by Crippen LogP contribution is 2.28. The highest BCUT2D eigenvalue weighted by atomic mass is 35.5. The van der Waals surface area contributed by atoms with Gasteiger partial charge in [0, 0.05) is 19.1 Å². The minimum Gasteiger partial charge on any atom is -0.504 e. The van der Waals surface area contributed by atoms with E-state index < -0.39 is 6.10 Å². The minimum absolute atomic E-state index is 0. The van der Waals surface area contributed by atoms with Gasteiger partial charge in [-0.3, -0.25) is 0 Å². The van der Waals surface area contributed by atoms with Gasteiger partial charge in [0.1, 0.15) is 0 Å². The van der Waals surface area contributed by atoms with E-state index in [-0.39, 0.29) is 42.4 Å². The standard InChI is InChI=1S/C15H24N2O3.2ClH/c1-11(16-6-9-17-7-2-3-8-17)15(20)12-4-5-13(18)14(19)10-12;;/h4-5,10-11,15-16,18-20H,2-3,6-9H2,1H3;2*1H. The van der Waals surface area contributed by atoms with Crippen LogP contribution in [0, 0.1) is 0 Å². The van der Waals surface area contributed by atoms with Crippen LogP contribution in [0.25, 0.3) is 0 Å². The van der Waals surface area contributed by atoms with Crippen molar-refractivity contribution in [2.75, 3.05) is 26.2 Å². The summed E-state index contributed by atoms with van der Waals surface area (Å²) < 4.78 is 0. The Kier molecular flexibility index (Phi) is 9.80. The Labute approximate surface area is 144 Å². The molecule has 0 spiro atoms. The number of aliphatic hydroxyl groups is 1. The second-order valence-corrected chi connectivity index (χ2v) is 5.48. The third kappa shape index (κ3) is 5.82. The summed E-state index contributed by atoms with van der Waals surface area (Å²) in [6.07, 6.45) is 1.86. The number of phenols is 2. The van der Waals surface area contributed by atoms with Crippen LogP contribution in [0.4, 0.5) is 0 Å². The summed E-state index contributed by atoms with van der Waals surface area (Å²) in [6.45, 7) is 6.09. The SMILES string of the molecule is CC(NCCN1CCCC1)C(O)c1ccc(O)c(O)c1.Cl.Cl. The molecule has 4 N–H and O–H groups in total. The lowest BCUT2D eigenvalue weighted by atomic mass is 10.0. The van der Waals surface area contributed by atoms with Gasteiger partial charge in [-0.2, -0.15) is 0 Å². The predicted molar refractivity (Wildman–Crippen MR) is 92.4 cm³/mol. The lowest BCUT2D eigenvalue weighted by molar-refractivity contribution is 0.134. The fraction of sp³-hybridized carbons (Fsp3) is 0.600. The van der Waals surface area contributed by atoms with Gasteiger partial charge in [0.15, 0.2) is 11.5 Å². The van der Waals surface area contributed by atoms with Crippen LogP contribution >= 0.6 is 24.8 Å². The first-order valence-electron chi connectivity index (χ1n) is 7.23. The first-order valence-corrected chi connectivity index (χ1v) is 7.23. The first-order chi connectivity index (χ1) is 9.58. The van der Waals surface area contributed by atoms with E-state index in [2.05, 4.69) is 10.2 Å². The second kappa shape index (κ2) is 10.1. The number of benzene rings is 1. The van der Waals surface area contributed by atoms with Crippen LogP contribution in [0.3, 0.4) is 0 Å². The van der Waals surface area contributed by atoms with E-state index in [4.69, 9.17) is 0 Å². The molecule has 0 aromatic heterocycles. The van der Waals surface area contributed by atoms with Gasteiger partial charge in [0.2, 0.25) is 0 Å². The molecule has 128 valence electrons. The van der Waals surface area contributed by atoms with Crippen molar-refractivity contribution in [1.29, 1.82) is 0 Å². The van der Waals surface area contributed by atoms with Crippen molar-refractivity contribution in [2.24, 2.45) is 0 Å². The normalized spacial score (nSPS) is 17.4. The van der Waals surface area contributed by atoms with Gasteiger partial charge in [0.25, 0.3) is 0 Å². The average molecular weight is 353 g/mol. The molecule has 0 bridgehead atoms. The summed E-state index contributed by atoms with van der Waals surface area (Å²) in [5.74, 6) is -0.374. The van der Waals surface area contributed by atoms with Crippen LogP contribution in [-0.2, 0) is 0 Å². The smallest absolute Gasteiger partial charge is 0.157 e. The second-order valence-electron chi connectivity index (χ2n) is 5.48. The quantitative estimate of drug-likeness (QED) is 0.589. The summed E-state index contributed by atoms with van der Waals surface area (Å²) in [5, 5.41) is 32.3. The van der Waals surface area contributed by atoms with Crippen LogP contribution in [0.2, 0.25) is 0 Å². The number of nitrogens with one attached hydrogen (secondary N) is 1. The maximum atomic E-state index is 10.2. The minimum atomic E-state index is -0.708. The van der Waals surface area contributed by atoms with Gasteiger partial charge in [-0.15, -0.1) is 24.8 Å². The predicted octanol–water partition coefficient (Wildman–Crippen LogP) is 2.05. The fourth-order valence-corrected chi connectivity index (χ4v) is 2.58. The summed E-state index contributed by atoms with van der Waals surface area (Å²) in [4.78, 5) is 2.42. The zero-order chi connectivity index (χ0) is 14.5. The zero-order valence-electron chi connectivity index (χ0n) is 12.7. The van der Waals surface area contributed by atoms with Gasteiger partial charge >= 0.3 is 0 Å². The molecule has 0 saturated carbocycles. The average Bonchev–Trinajstić information content (AvgIpc) is 2.94. The Bertz CT molecular complexity index is 443. The van der Waals surface area contributed by atoms with Crippen molar-refractivity contribution in [2.45, 2.75) is 31.9 Å². The molecule has 1 aliphatic rings. The number of likely N-dealkylation sites (tertiary alicyclic amines) is 1. The van der Waals surface area contributed by atoms with Gasteiger partial charge < -0.3 is 25.5 Å². The third-order valence-electron chi connectivity index (χ3n) is 3.91. The van der Waals surface area contributed by atoms with Crippen molar-refractivity contribution >= 4 is 24.8 Å². The van der Waals surface area contributed by atoms with Gasteiger partial charge in [-0.25, -0.2) is 0 Å². The van der Waals surface area contributed by atoms with E-state index in [0.29, 0.717) is 5.56 Å². The van der Waals surface area contributed by atoms with Crippen molar-refractivity contribution in [3.63, 3.8) is 0 Å². The molecule has 1 aliphatic heterocycles. The number of nitrogens with zero attached hydrogens (tertiary/aromatic N) is 1. The molecule has 2 rings (SSSR count). The van der Waals surface area contributed by atoms with E-state index in [1.165, 1.54) is 38.1 Å². The molecular formula is C15H26Cl2N2O3. The molecule has 2 atom stereocenters. The maximum absolute atomic E-state index is 10.2. The number of rotatable bonds is 6.